The minimum atomic E-state index is -0.246. The number of hydrogen-bond donors (Lipinski definition) is 1. The molecule has 1 unspecified atom stereocenters. The molecule has 2 aromatic rings. The molecular weight excluding hydrogens is 261 g/mol. The molecule has 0 fully saturated rings. The molecule has 1 N–H and O–H groups in total. The fraction of sp³-hybridized carbons (Fsp3) is 0.250. The molecule has 0 aromatic heterocycles. The summed E-state index contributed by atoms with van der Waals surface area (Å²) in [6, 6.07) is 10.5. The summed E-state index contributed by atoms with van der Waals surface area (Å²) in [5.41, 5.74) is 4.01. The second-order valence-corrected chi connectivity index (χ2v) is 5.11. The highest BCUT2D eigenvalue weighted by molar-refractivity contribution is 6.30. The molecule has 0 bridgehead atoms. The van der Waals surface area contributed by atoms with Crippen molar-refractivity contribution in [1.82, 2.24) is 5.32 Å². The molecule has 3 heteroatoms. The van der Waals surface area contributed by atoms with Crippen LogP contribution in [0.4, 0.5) is 4.39 Å². The normalized spacial score (nSPS) is 12.5. The van der Waals surface area contributed by atoms with E-state index in [1.165, 1.54) is 17.2 Å². The van der Waals surface area contributed by atoms with Crippen molar-refractivity contribution in [2.75, 3.05) is 7.05 Å². The Hall–Kier alpha value is -1.38. The topological polar surface area (TPSA) is 12.0 Å². The van der Waals surface area contributed by atoms with Gasteiger partial charge in [0, 0.05) is 10.6 Å². The van der Waals surface area contributed by atoms with Crippen LogP contribution in [0.5, 0.6) is 0 Å². The van der Waals surface area contributed by atoms with Crippen molar-refractivity contribution < 1.29 is 4.39 Å². The molecule has 0 heterocycles. The van der Waals surface area contributed by atoms with Gasteiger partial charge in [0.25, 0.3) is 0 Å². The Morgan fingerprint density at radius 3 is 2.53 bits per heavy atom. The molecule has 1 nitrogen and oxygen atoms in total. The summed E-state index contributed by atoms with van der Waals surface area (Å²) in [5, 5.41) is 3.72. The van der Waals surface area contributed by atoms with Crippen LogP contribution in [0, 0.1) is 19.7 Å². The summed E-state index contributed by atoms with van der Waals surface area (Å²) in [5.74, 6) is -0.246. The average molecular weight is 278 g/mol. The lowest BCUT2D eigenvalue weighted by molar-refractivity contribution is 0.575. The molecule has 0 aliphatic carbocycles. The molecule has 0 saturated carbocycles. The van der Waals surface area contributed by atoms with E-state index in [-0.39, 0.29) is 11.9 Å². The van der Waals surface area contributed by atoms with Gasteiger partial charge in [-0.05, 0) is 55.8 Å². The molecular formula is C16H17ClFN. The molecule has 0 spiro atoms. The second kappa shape index (κ2) is 5.72. The maximum atomic E-state index is 14.0. The van der Waals surface area contributed by atoms with Crippen LogP contribution in [0.15, 0.2) is 36.4 Å². The van der Waals surface area contributed by atoms with E-state index in [0.717, 1.165) is 5.56 Å². The lowest BCUT2D eigenvalue weighted by Crippen LogP contribution is -2.20. The first-order chi connectivity index (χ1) is 9.04. The van der Waals surface area contributed by atoms with Gasteiger partial charge in [-0.25, -0.2) is 4.39 Å². The van der Waals surface area contributed by atoms with Crippen LogP contribution in [0.2, 0.25) is 5.02 Å². The molecule has 19 heavy (non-hydrogen) atoms. The van der Waals surface area contributed by atoms with E-state index in [9.17, 15) is 4.39 Å². The first-order valence-corrected chi connectivity index (χ1v) is 6.60. The molecule has 2 rings (SSSR count). The lowest BCUT2D eigenvalue weighted by Gasteiger charge is -2.21. The largest absolute Gasteiger partial charge is 0.309 e. The average Bonchev–Trinajstić information content (AvgIpc) is 2.39. The van der Waals surface area contributed by atoms with Crippen molar-refractivity contribution >= 4 is 11.6 Å². The SMILES string of the molecule is CNC(c1cc(Cl)ccc1F)c1cccc(C)c1C. The van der Waals surface area contributed by atoms with Crippen molar-refractivity contribution in [3.63, 3.8) is 0 Å². The Morgan fingerprint density at radius 1 is 1.11 bits per heavy atom. The molecule has 0 aliphatic heterocycles. The maximum Gasteiger partial charge on any atom is 0.128 e. The lowest BCUT2D eigenvalue weighted by atomic mass is 9.92. The predicted octanol–water partition coefficient (Wildman–Crippen LogP) is 4.40. The minimum Gasteiger partial charge on any atom is -0.309 e. The highest BCUT2D eigenvalue weighted by Crippen LogP contribution is 2.29. The number of aryl methyl sites for hydroxylation is 1. The van der Waals surface area contributed by atoms with Crippen LogP contribution in [0.25, 0.3) is 0 Å². The van der Waals surface area contributed by atoms with Gasteiger partial charge >= 0.3 is 0 Å². The predicted molar refractivity (Wildman–Crippen MR) is 78.2 cm³/mol. The van der Waals surface area contributed by atoms with Crippen LogP contribution >= 0.6 is 11.6 Å². The molecule has 0 amide bonds. The summed E-state index contributed by atoms with van der Waals surface area (Å²) in [6.45, 7) is 4.11. The first-order valence-electron chi connectivity index (χ1n) is 6.23. The van der Waals surface area contributed by atoms with Gasteiger partial charge in [-0.3, -0.25) is 0 Å². The number of hydrogen-bond acceptors (Lipinski definition) is 1. The van der Waals surface area contributed by atoms with E-state index in [4.69, 9.17) is 11.6 Å². The molecule has 0 saturated heterocycles. The summed E-state index contributed by atoms with van der Waals surface area (Å²) in [7, 11) is 1.83. The molecule has 100 valence electrons. The number of rotatable bonds is 3. The summed E-state index contributed by atoms with van der Waals surface area (Å²) < 4.78 is 14.0. The number of nitrogens with one attached hydrogen (secondary N) is 1. The zero-order chi connectivity index (χ0) is 14.0. The Balaban J connectivity index is 2.56. The Bertz CT molecular complexity index is 593. The van der Waals surface area contributed by atoms with Crippen LogP contribution in [-0.4, -0.2) is 7.05 Å². The Morgan fingerprint density at radius 2 is 1.84 bits per heavy atom. The molecule has 0 radical (unpaired) electrons. The Labute approximate surface area is 118 Å². The number of halogens is 2. The zero-order valence-electron chi connectivity index (χ0n) is 11.3. The van der Waals surface area contributed by atoms with Crippen LogP contribution in [0.3, 0.4) is 0 Å². The quantitative estimate of drug-likeness (QED) is 0.876. The monoisotopic (exact) mass is 277 g/mol. The van der Waals surface area contributed by atoms with Crippen molar-refractivity contribution in [1.29, 1.82) is 0 Å². The van der Waals surface area contributed by atoms with Crippen molar-refractivity contribution in [2.45, 2.75) is 19.9 Å². The molecule has 0 aliphatic rings. The second-order valence-electron chi connectivity index (χ2n) is 4.68. The minimum absolute atomic E-state index is 0.196. The van der Waals surface area contributed by atoms with Crippen LogP contribution in [0.1, 0.15) is 28.3 Å². The third-order valence-electron chi connectivity index (χ3n) is 3.52. The molecule has 2 aromatic carbocycles. The first kappa shape index (κ1) is 14.0. The van der Waals surface area contributed by atoms with E-state index in [1.54, 1.807) is 12.1 Å². The van der Waals surface area contributed by atoms with Crippen LogP contribution < -0.4 is 5.32 Å². The fourth-order valence-electron chi connectivity index (χ4n) is 2.30. The van der Waals surface area contributed by atoms with Crippen LogP contribution in [-0.2, 0) is 0 Å². The van der Waals surface area contributed by atoms with Gasteiger partial charge in [0.15, 0.2) is 0 Å². The standard InChI is InChI=1S/C16H17ClFN/c1-10-5-4-6-13(11(10)2)16(19-3)14-9-12(17)7-8-15(14)18/h4-9,16,19H,1-3H3. The van der Waals surface area contributed by atoms with Crippen molar-refractivity contribution in [3.05, 3.63) is 69.5 Å². The van der Waals surface area contributed by atoms with Gasteiger partial charge in [-0.1, -0.05) is 29.8 Å². The van der Waals surface area contributed by atoms with Gasteiger partial charge < -0.3 is 5.32 Å². The van der Waals surface area contributed by atoms with E-state index >= 15 is 0 Å². The third kappa shape index (κ3) is 2.80. The van der Waals surface area contributed by atoms with Gasteiger partial charge in [-0.2, -0.15) is 0 Å². The van der Waals surface area contributed by atoms with E-state index in [2.05, 4.69) is 25.2 Å². The van der Waals surface area contributed by atoms with Gasteiger partial charge in [-0.15, -0.1) is 0 Å². The summed E-state index contributed by atoms with van der Waals surface area (Å²) >= 11 is 5.98. The summed E-state index contributed by atoms with van der Waals surface area (Å²) in [4.78, 5) is 0. The number of benzene rings is 2. The van der Waals surface area contributed by atoms with Gasteiger partial charge in [0.05, 0.1) is 6.04 Å². The highest BCUT2D eigenvalue weighted by atomic mass is 35.5. The van der Waals surface area contributed by atoms with Crippen molar-refractivity contribution in [3.8, 4) is 0 Å². The van der Waals surface area contributed by atoms with E-state index in [1.807, 2.05) is 19.2 Å². The zero-order valence-corrected chi connectivity index (χ0v) is 12.1. The molecule has 1 atom stereocenters. The fourth-order valence-corrected chi connectivity index (χ4v) is 2.48. The summed E-state index contributed by atoms with van der Waals surface area (Å²) in [6.07, 6.45) is 0. The van der Waals surface area contributed by atoms with Gasteiger partial charge in [0.1, 0.15) is 5.82 Å². The van der Waals surface area contributed by atoms with Gasteiger partial charge in [0.2, 0.25) is 0 Å². The smallest absolute Gasteiger partial charge is 0.128 e. The Kier molecular flexibility index (Phi) is 4.23. The van der Waals surface area contributed by atoms with Crippen molar-refractivity contribution in [2.24, 2.45) is 0 Å². The maximum absolute atomic E-state index is 14.0. The third-order valence-corrected chi connectivity index (χ3v) is 3.75. The highest BCUT2D eigenvalue weighted by Gasteiger charge is 2.18. The van der Waals surface area contributed by atoms with E-state index in [0.29, 0.717) is 10.6 Å². The van der Waals surface area contributed by atoms with E-state index < -0.39 is 0 Å².